The number of aromatic amines is 1. The van der Waals surface area contributed by atoms with Crippen LogP contribution in [0.15, 0.2) is 48.5 Å². The van der Waals surface area contributed by atoms with Crippen LogP contribution in [-0.4, -0.2) is 65.2 Å². The molecule has 1 aromatic heterocycles. The van der Waals surface area contributed by atoms with Gasteiger partial charge in [0.25, 0.3) is 5.91 Å². The second-order valence-corrected chi connectivity index (χ2v) is 10.4. The number of benzene rings is 2. The van der Waals surface area contributed by atoms with Crippen molar-refractivity contribution in [2.75, 3.05) is 29.9 Å². The summed E-state index contributed by atoms with van der Waals surface area (Å²) >= 11 is 0. The number of halogens is 3. The van der Waals surface area contributed by atoms with E-state index in [1.54, 1.807) is 42.5 Å². The summed E-state index contributed by atoms with van der Waals surface area (Å²) < 4.78 is 60.6. The second-order valence-electron chi connectivity index (χ2n) is 8.06. The summed E-state index contributed by atoms with van der Waals surface area (Å²) in [5, 5.41) is 8.88. The molecule has 4 rings (SSSR count). The first-order valence-electron chi connectivity index (χ1n) is 10.5. The van der Waals surface area contributed by atoms with Gasteiger partial charge in [0.2, 0.25) is 0 Å². The molecule has 1 amide bonds. The molecule has 12 heteroatoms. The third-order valence-corrected chi connectivity index (χ3v) is 6.94. The van der Waals surface area contributed by atoms with Crippen molar-refractivity contribution in [2.45, 2.75) is 19.1 Å². The van der Waals surface area contributed by atoms with Gasteiger partial charge in [0.1, 0.15) is 12.2 Å². The highest BCUT2D eigenvalue weighted by molar-refractivity contribution is 7.91. The number of rotatable bonds is 6. The van der Waals surface area contributed by atoms with Crippen LogP contribution in [0.5, 0.6) is 0 Å². The van der Waals surface area contributed by atoms with Gasteiger partial charge in [0.15, 0.2) is 15.7 Å². The average Bonchev–Trinajstić information content (AvgIpc) is 3.23. The lowest BCUT2D eigenvalue weighted by molar-refractivity contribution is -0.128. The Morgan fingerprint density at radius 1 is 1.09 bits per heavy atom. The molecule has 2 N–H and O–H groups in total. The van der Waals surface area contributed by atoms with Crippen LogP contribution < -0.4 is 5.32 Å². The standard InChI is InChI=1S/C22H22F3N5O3S/c23-22(24,25)13-19-27-20(29-28-19)16-4-6-18(7-5-16)26-21(31)17-3-1-2-15(12-17)14-30-8-10-34(32,33)11-9-30/h1-7,12H,8-11,13-14H2,(H,26,31)(H,27,28,29). The summed E-state index contributed by atoms with van der Waals surface area (Å²) in [4.78, 5) is 18.6. The molecule has 2 aromatic carbocycles. The quantitative estimate of drug-likeness (QED) is 0.547. The number of nitrogens with zero attached hydrogens (tertiary/aromatic N) is 3. The van der Waals surface area contributed by atoms with E-state index in [1.807, 2.05) is 11.0 Å². The fourth-order valence-electron chi connectivity index (χ4n) is 3.58. The largest absolute Gasteiger partial charge is 0.396 e. The number of sulfone groups is 1. The summed E-state index contributed by atoms with van der Waals surface area (Å²) in [6, 6.07) is 13.6. The zero-order valence-electron chi connectivity index (χ0n) is 18.0. The third kappa shape index (κ3) is 6.41. The molecule has 0 spiro atoms. The van der Waals surface area contributed by atoms with E-state index in [2.05, 4.69) is 20.5 Å². The van der Waals surface area contributed by atoms with Crippen molar-refractivity contribution in [3.8, 4) is 11.4 Å². The van der Waals surface area contributed by atoms with Gasteiger partial charge in [-0.3, -0.25) is 14.8 Å². The number of hydrogen-bond acceptors (Lipinski definition) is 6. The van der Waals surface area contributed by atoms with Gasteiger partial charge in [-0.05, 0) is 42.0 Å². The van der Waals surface area contributed by atoms with Crippen LogP contribution in [0.2, 0.25) is 0 Å². The lowest BCUT2D eigenvalue weighted by Gasteiger charge is -2.26. The van der Waals surface area contributed by atoms with Crippen molar-refractivity contribution in [1.82, 2.24) is 20.1 Å². The van der Waals surface area contributed by atoms with Gasteiger partial charge in [-0.1, -0.05) is 12.1 Å². The Labute approximate surface area is 194 Å². The average molecular weight is 494 g/mol. The van der Waals surface area contributed by atoms with Gasteiger partial charge in [-0.15, -0.1) is 0 Å². The predicted octanol–water partition coefficient (Wildman–Crippen LogP) is 3.06. The van der Waals surface area contributed by atoms with E-state index < -0.39 is 22.4 Å². The first kappa shape index (κ1) is 23.9. The highest BCUT2D eigenvalue weighted by Gasteiger charge is 2.29. The van der Waals surface area contributed by atoms with Crippen LogP contribution in [0.25, 0.3) is 11.4 Å². The summed E-state index contributed by atoms with van der Waals surface area (Å²) in [6.07, 6.45) is -5.57. The monoisotopic (exact) mass is 493 g/mol. The number of aromatic nitrogens is 3. The molecule has 180 valence electrons. The molecule has 0 atom stereocenters. The van der Waals surface area contributed by atoms with E-state index in [4.69, 9.17) is 0 Å². The van der Waals surface area contributed by atoms with Crippen molar-refractivity contribution >= 4 is 21.4 Å². The predicted molar refractivity (Wildman–Crippen MR) is 120 cm³/mol. The molecule has 3 aromatic rings. The molecule has 0 aliphatic carbocycles. The lowest BCUT2D eigenvalue weighted by Crippen LogP contribution is -2.39. The molecule has 0 radical (unpaired) electrons. The molecule has 0 saturated carbocycles. The van der Waals surface area contributed by atoms with Crippen molar-refractivity contribution in [2.24, 2.45) is 0 Å². The van der Waals surface area contributed by atoms with Crippen LogP contribution in [0, 0.1) is 0 Å². The third-order valence-electron chi connectivity index (χ3n) is 5.33. The molecule has 0 unspecified atom stereocenters. The van der Waals surface area contributed by atoms with E-state index in [0.717, 1.165) is 5.56 Å². The maximum absolute atomic E-state index is 12.7. The number of amides is 1. The highest BCUT2D eigenvalue weighted by Crippen LogP contribution is 2.22. The van der Waals surface area contributed by atoms with Crippen molar-refractivity contribution < 1.29 is 26.4 Å². The fourth-order valence-corrected chi connectivity index (χ4v) is 4.85. The molecule has 1 aliphatic heterocycles. The lowest BCUT2D eigenvalue weighted by atomic mass is 10.1. The molecule has 0 bridgehead atoms. The maximum atomic E-state index is 12.7. The number of anilines is 1. The van der Waals surface area contributed by atoms with Crippen molar-refractivity contribution in [3.63, 3.8) is 0 Å². The Bertz CT molecular complexity index is 1260. The van der Waals surface area contributed by atoms with Crippen LogP contribution in [0.4, 0.5) is 18.9 Å². The van der Waals surface area contributed by atoms with Gasteiger partial charge in [-0.25, -0.2) is 13.4 Å². The molecule has 1 saturated heterocycles. The second kappa shape index (κ2) is 9.55. The fraction of sp³-hybridized carbons (Fsp3) is 0.318. The summed E-state index contributed by atoms with van der Waals surface area (Å²) in [5.74, 6) is -0.177. The number of hydrogen-bond donors (Lipinski definition) is 2. The molecule has 1 fully saturated rings. The molecule has 8 nitrogen and oxygen atoms in total. The van der Waals surface area contributed by atoms with Crippen LogP contribution in [-0.2, 0) is 22.8 Å². The van der Waals surface area contributed by atoms with E-state index in [-0.39, 0.29) is 29.1 Å². The van der Waals surface area contributed by atoms with Crippen molar-refractivity contribution in [1.29, 1.82) is 0 Å². The first-order chi connectivity index (χ1) is 16.1. The number of carbonyl (C=O) groups excluding carboxylic acids is 1. The van der Waals surface area contributed by atoms with Crippen LogP contribution >= 0.6 is 0 Å². The number of H-pyrrole nitrogens is 1. The minimum absolute atomic E-state index is 0.135. The molecular weight excluding hydrogens is 471 g/mol. The van der Waals surface area contributed by atoms with E-state index in [1.165, 1.54) is 0 Å². The number of alkyl halides is 3. The Hall–Kier alpha value is -3.25. The van der Waals surface area contributed by atoms with Gasteiger partial charge in [-0.2, -0.15) is 18.3 Å². The Kier molecular flexibility index (Phi) is 6.71. The molecule has 1 aliphatic rings. The minimum Gasteiger partial charge on any atom is -0.322 e. The van der Waals surface area contributed by atoms with E-state index >= 15 is 0 Å². The summed E-state index contributed by atoms with van der Waals surface area (Å²) in [5.41, 5.74) is 2.37. The Morgan fingerprint density at radius 2 is 1.79 bits per heavy atom. The molecular formula is C22H22F3N5O3S. The Balaban J connectivity index is 1.37. The zero-order chi connectivity index (χ0) is 24.3. The van der Waals surface area contributed by atoms with Crippen LogP contribution in [0.3, 0.4) is 0 Å². The van der Waals surface area contributed by atoms with Gasteiger partial charge in [0, 0.05) is 36.4 Å². The molecule has 2 heterocycles. The van der Waals surface area contributed by atoms with Gasteiger partial charge in [0.05, 0.1) is 11.5 Å². The molecule has 34 heavy (non-hydrogen) atoms. The SMILES string of the molecule is O=C(Nc1ccc(-c2n[nH]c(CC(F)(F)F)n2)cc1)c1cccc(CN2CCS(=O)(=O)CC2)c1. The summed E-state index contributed by atoms with van der Waals surface area (Å²) in [7, 11) is -2.95. The highest BCUT2D eigenvalue weighted by atomic mass is 32.2. The maximum Gasteiger partial charge on any atom is 0.396 e. The summed E-state index contributed by atoms with van der Waals surface area (Å²) in [6.45, 7) is 1.49. The first-order valence-corrected chi connectivity index (χ1v) is 12.3. The van der Waals surface area contributed by atoms with Gasteiger partial charge < -0.3 is 5.32 Å². The van der Waals surface area contributed by atoms with Gasteiger partial charge >= 0.3 is 6.18 Å². The number of nitrogens with one attached hydrogen (secondary N) is 2. The van der Waals surface area contributed by atoms with Crippen molar-refractivity contribution in [3.05, 3.63) is 65.5 Å². The van der Waals surface area contributed by atoms with E-state index in [0.29, 0.717) is 36.4 Å². The zero-order valence-corrected chi connectivity index (χ0v) is 18.8. The van der Waals surface area contributed by atoms with Crippen LogP contribution in [0.1, 0.15) is 21.7 Å². The topological polar surface area (TPSA) is 108 Å². The Morgan fingerprint density at radius 3 is 2.47 bits per heavy atom. The normalized spacial score (nSPS) is 16.3. The minimum atomic E-state index is -4.38. The number of carbonyl (C=O) groups is 1. The van der Waals surface area contributed by atoms with E-state index in [9.17, 15) is 26.4 Å². The smallest absolute Gasteiger partial charge is 0.322 e.